The Hall–Kier alpha value is -2.32. The largest absolute Gasteiger partial charge is 0.486 e. The van der Waals surface area contributed by atoms with Crippen molar-refractivity contribution in [1.29, 1.82) is 0 Å². The lowest BCUT2D eigenvalue weighted by molar-refractivity contribution is -0.113. The second kappa shape index (κ2) is 7.36. The lowest BCUT2D eigenvalue weighted by atomic mass is 10.2. The Labute approximate surface area is 165 Å². The predicted octanol–water partition coefficient (Wildman–Crippen LogP) is 4.12. The number of nitrogens with zero attached hydrogens (tertiary/aromatic N) is 2. The molecule has 0 unspecified atom stereocenters. The van der Waals surface area contributed by atoms with E-state index in [1.807, 2.05) is 19.1 Å². The van der Waals surface area contributed by atoms with Crippen molar-refractivity contribution in [2.24, 2.45) is 0 Å². The van der Waals surface area contributed by atoms with Gasteiger partial charge in [-0.1, -0.05) is 11.8 Å². The number of rotatable bonds is 4. The number of anilines is 1. The molecule has 4 rings (SSSR count). The van der Waals surface area contributed by atoms with Crippen LogP contribution in [0.2, 0.25) is 0 Å². The van der Waals surface area contributed by atoms with Crippen molar-refractivity contribution in [3.63, 3.8) is 0 Å². The first-order chi connectivity index (χ1) is 13.0. The van der Waals surface area contributed by atoms with E-state index in [1.54, 1.807) is 17.4 Å². The molecule has 1 amide bonds. The van der Waals surface area contributed by atoms with Crippen molar-refractivity contribution in [3.05, 3.63) is 34.5 Å². The Kier molecular flexibility index (Phi) is 4.92. The molecule has 0 spiro atoms. The Balaban J connectivity index is 1.47. The van der Waals surface area contributed by atoms with Gasteiger partial charge >= 0.3 is 0 Å². The summed E-state index contributed by atoms with van der Waals surface area (Å²) < 4.78 is 11.1. The number of hydrogen-bond acceptors (Lipinski definition) is 7. The van der Waals surface area contributed by atoms with Crippen molar-refractivity contribution in [2.75, 3.05) is 24.3 Å². The quantitative estimate of drug-likeness (QED) is 0.524. The zero-order valence-electron chi connectivity index (χ0n) is 15.3. The fourth-order valence-corrected chi connectivity index (χ4v) is 4.94. The number of aromatic nitrogens is 2. The number of fused-ring (bicyclic) bond motifs is 2. The van der Waals surface area contributed by atoms with Crippen LogP contribution in [0.25, 0.3) is 10.2 Å². The van der Waals surface area contributed by atoms with E-state index in [-0.39, 0.29) is 11.7 Å². The van der Waals surface area contributed by atoms with Crippen LogP contribution < -0.4 is 14.8 Å². The van der Waals surface area contributed by atoms with Crippen molar-refractivity contribution in [1.82, 2.24) is 9.97 Å². The third kappa shape index (κ3) is 3.72. The van der Waals surface area contributed by atoms with Crippen molar-refractivity contribution in [2.45, 2.75) is 25.8 Å². The summed E-state index contributed by atoms with van der Waals surface area (Å²) in [5.74, 6) is 2.26. The first-order valence-electron chi connectivity index (χ1n) is 8.58. The lowest BCUT2D eigenvalue weighted by Crippen LogP contribution is -2.17. The third-order valence-electron chi connectivity index (χ3n) is 4.27. The maximum Gasteiger partial charge on any atom is 0.234 e. The highest BCUT2D eigenvalue weighted by atomic mass is 32.2. The minimum absolute atomic E-state index is 0.0919. The minimum Gasteiger partial charge on any atom is -0.486 e. The predicted molar refractivity (Wildman–Crippen MR) is 108 cm³/mol. The Morgan fingerprint density at radius 2 is 1.96 bits per heavy atom. The molecule has 27 heavy (non-hydrogen) atoms. The summed E-state index contributed by atoms with van der Waals surface area (Å²) in [5, 5.41) is 4.82. The monoisotopic (exact) mass is 401 g/mol. The maximum absolute atomic E-state index is 12.4. The minimum atomic E-state index is -0.0919. The van der Waals surface area contributed by atoms with E-state index < -0.39 is 0 Å². The van der Waals surface area contributed by atoms with Crippen LogP contribution >= 0.6 is 23.1 Å². The molecule has 140 valence electrons. The van der Waals surface area contributed by atoms with Crippen LogP contribution in [0.3, 0.4) is 0 Å². The fraction of sp³-hybridized carbons (Fsp3) is 0.316. The van der Waals surface area contributed by atoms with Crippen LogP contribution in [0.1, 0.15) is 16.3 Å². The SMILES string of the molecule is Cc1nc(SCC(=O)Nc2ccc3c(c2)OCCO3)c2c(C)c(C)sc2n1. The number of nitrogens with one attached hydrogen (secondary N) is 1. The smallest absolute Gasteiger partial charge is 0.234 e. The van der Waals surface area contributed by atoms with E-state index in [0.717, 1.165) is 21.1 Å². The van der Waals surface area contributed by atoms with E-state index in [0.29, 0.717) is 30.4 Å². The number of aryl methyl sites for hydroxylation is 3. The molecule has 0 fully saturated rings. The molecule has 1 aliphatic heterocycles. The molecule has 1 N–H and O–H groups in total. The number of thiophene rings is 1. The van der Waals surface area contributed by atoms with E-state index in [9.17, 15) is 4.79 Å². The summed E-state index contributed by atoms with van der Waals surface area (Å²) in [6, 6.07) is 5.41. The molecule has 3 aromatic rings. The molecular weight excluding hydrogens is 382 g/mol. The normalized spacial score (nSPS) is 13.0. The van der Waals surface area contributed by atoms with Crippen LogP contribution in [0, 0.1) is 20.8 Å². The van der Waals surface area contributed by atoms with Gasteiger partial charge in [0.25, 0.3) is 0 Å². The average molecular weight is 402 g/mol. The van der Waals surface area contributed by atoms with Gasteiger partial charge in [-0.05, 0) is 38.5 Å². The van der Waals surface area contributed by atoms with Crippen LogP contribution in [0.5, 0.6) is 11.5 Å². The molecular formula is C19H19N3O3S2. The van der Waals surface area contributed by atoms with E-state index in [2.05, 4.69) is 29.1 Å². The number of hydrogen-bond donors (Lipinski definition) is 1. The van der Waals surface area contributed by atoms with E-state index >= 15 is 0 Å². The van der Waals surface area contributed by atoms with Crippen molar-refractivity contribution < 1.29 is 14.3 Å². The first-order valence-corrected chi connectivity index (χ1v) is 10.4. The van der Waals surface area contributed by atoms with Gasteiger partial charge in [-0.15, -0.1) is 11.3 Å². The number of thioether (sulfide) groups is 1. The highest BCUT2D eigenvalue weighted by molar-refractivity contribution is 8.00. The molecule has 2 aromatic heterocycles. The highest BCUT2D eigenvalue weighted by Gasteiger charge is 2.16. The standard InChI is InChI=1S/C19H19N3O3S2/c1-10-11(2)27-19-17(10)18(20-12(3)21-19)26-9-16(23)22-13-4-5-14-15(8-13)25-7-6-24-14/h4-5,8H,6-7,9H2,1-3H3,(H,22,23). The molecule has 1 aromatic carbocycles. The van der Waals surface area contributed by atoms with Crippen LogP contribution in [-0.2, 0) is 4.79 Å². The fourth-order valence-electron chi connectivity index (χ4n) is 2.87. The van der Waals surface area contributed by atoms with Crippen molar-refractivity contribution >= 4 is 44.9 Å². The Bertz CT molecular complexity index is 1030. The Morgan fingerprint density at radius 3 is 2.78 bits per heavy atom. The van der Waals surface area contributed by atoms with Gasteiger partial charge in [-0.3, -0.25) is 4.79 Å². The maximum atomic E-state index is 12.4. The van der Waals surface area contributed by atoms with E-state index in [1.165, 1.54) is 22.2 Å². The van der Waals surface area contributed by atoms with E-state index in [4.69, 9.17) is 9.47 Å². The molecule has 0 aliphatic carbocycles. The number of carbonyl (C=O) groups excluding carboxylic acids is 1. The summed E-state index contributed by atoms with van der Waals surface area (Å²) in [7, 11) is 0. The molecule has 0 atom stereocenters. The summed E-state index contributed by atoms with van der Waals surface area (Å²) in [6.45, 7) is 7.10. The zero-order valence-corrected chi connectivity index (χ0v) is 16.9. The van der Waals surface area contributed by atoms with Gasteiger partial charge in [0.1, 0.15) is 28.9 Å². The molecule has 3 heterocycles. The molecule has 8 heteroatoms. The Morgan fingerprint density at radius 1 is 1.19 bits per heavy atom. The topological polar surface area (TPSA) is 73.3 Å². The summed E-state index contributed by atoms with van der Waals surface area (Å²) in [4.78, 5) is 23.7. The summed E-state index contributed by atoms with van der Waals surface area (Å²) in [6.07, 6.45) is 0. The number of benzene rings is 1. The van der Waals surface area contributed by atoms with Crippen molar-refractivity contribution in [3.8, 4) is 11.5 Å². The molecule has 0 bridgehead atoms. The van der Waals surface area contributed by atoms with Gasteiger partial charge in [0.15, 0.2) is 11.5 Å². The molecule has 0 saturated carbocycles. The second-order valence-corrected chi connectivity index (χ2v) is 8.40. The van der Waals surface area contributed by atoms with Gasteiger partial charge in [0.2, 0.25) is 5.91 Å². The van der Waals surface area contributed by atoms with Gasteiger partial charge in [-0.25, -0.2) is 9.97 Å². The third-order valence-corrected chi connectivity index (χ3v) is 6.35. The van der Waals surface area contributed by atoms with Gasteiger partial charge < -0.3 is 14.8 Å². The molecule has 1 aliphatic rings. The number of amides is 1. The van der Waals surface area contributed by atoms with Gasteiger partial charge in [0.05, 0.1) is 5.75 Å². The summed E-state index contributed by atoms with van der Waals surface area (Å²) in [5.41, 5.74) is 1.88. The van der Waals surface area contributed by atoms with Crippen LogP contribution in [0.15, 0.2) is 23.2 Å². The summed E-state index contributed by atoms with van der Waals surface area (Å²) >= 11 is 3.10. The van der Waals surface area contributed by atoms with Gasteiger partial charge in [-0.2, -0.15) is 0 Å². The average Bonchev–Trinajstić information content (AvgIpc) is 2.93. The highest BCUT2D eigenvalue weighted by Crippen LogP contribution is 2.35. The molecule has 6 nitrogen and oxygen atoms in total. The zero-order chi connectivity index (χ0) is 19.0. The second-order valence-electron chi connectivity index (χ2n) is 6.23. The van der Waals surface area contributed by atoms with Crippen LogP contribution in [-0.4, -0.2) is 34.8 Å². The number of carbonyl (C=O) groups is 1. The first kappa shape index (κ1) is 18.1. The van der Waals surface area contributed by atoms with Crippen LogP contribution in [0.4, 0.5) is 5.69 Å². The molecule has 0 saturated heterocycles. The number of ether oxygens (including phenoxy) is 2. The lowest BCUT2D eigenvalue weighted by Gasteiger charge is -2.19. The molecule has 0 radical (unpaired) electrons. The van der Waals surface area contributed by atoms with Gasteiger partial charge in [0, 0.05) is 22.0 Å².